The lowest BCUT2D eigenvalue weighted by atomic mass is 10.1. The van der Waals surface area contributed by atoms with Gasteiger partial charge in [0, 0.05) is 19.6 Å². The van der Waals surface area contributed by atoms with Gasteiger partial charge in [0.05, 0.1) is 0 Å². The van der Waals surface area contributed by atoms with Crippen LogP contribution in [0.2, 0.25) is 0 Å². The zero-order valence-electron chi connectivity index (χ0n) is 15.3. The molecule has 0 aliphatic carbocycles. The van der Waals surface area contributed by atoms with E-state index in [0.717, 1.165) is 39.1 Å². The summed E-state index contributed by atoms with van der Waals surface area (Å²) in [6.45, 7) is 15.0. The fourth-order valence-electron chi connectivity index (χ4n) is 2.70. The number of hydrogen-bond donors (Lipinski definition) is 0. The molecule has 0 atom stereocenters. The summed E-state index contributed by atoms with van der Waals surface area (Å²) < 4.78 is 0. The van der Waals surface area contributed by atoms with E-state index < -0.39 is 0 Å². The minimum Gasteiger partial charge on any atom is -0.338 e. The standard InChI is InChI=1S/C19H38N2O/c1-5-9-10-11-12-13-14-15-16-21(19(22)6-2)18-17-20(7-3)8-4/h6H,2,5,7-18H2,1,3-4H3. The van der Waals surface area contributed by atoms with E-state index in [1.54, 1.807) is 0 Å². The van der Waals surface area contributed by atoms with Crippen LogP contribution in [0.25, 0.3) is 0 Å². The molecule has 0 aromatic heterocycles. The second-order valence-electron chi connectivity index (χ2n) is 6.03. The summed E-state index contributed by atoms with van der Waals surface area (Å²) in [7, 11) is 0. The molecule has 0 fully saturated rings. The first-order valence-electron chi connectivity index (χ1n) is 9.33. The Morgan fingerprint density at radius 2 is 1.36 bits per heavy atom. The molecule has 0 bridgehead atoms. The Kier molecular flexibility index (Phi) is 14.5. The number of likely N-dealkylation sites (N-methyl/N-ethyl adjacent to an activating group) is 1. The van der Waals surface area contributed by atoms with E-state index in [-0.39, 0.29) is 5.91 Å². The third kappa shape index (κ3) is 10.8. The van der Waals surface area contributed by atoms with Gasteiger partial charge in [-0.1, -0.05) is 72.3 Å². The molecule has 0 rings (SSSR count). The van der Waals surface area contributed by atoms with E-state index in [1.165, 1.54) is 51.0 Å². The van der Waals surface area contributed by atoms with Crippen LogP contribution in [0.5, 0.6) is 0 Å². The minimum atomic E-state index is 0.0788. The summed E-state index contributed by atoms with van der Waals surface area (Å²) in [6, 6.07) is 0. The van der Waals surface area contributed by atoms with Gasteiger partial charge >= 0.3 is 0 Å². The molecular weight excluding hydrogens is 272 g/mol. The van der Waals surface area contributed by atoms with Crippen molar-refractivity contribution in [2.45, 2.75) is 72.1 Å². The highest BCUT2D eigenvalue weighted by Gasteiger charge is 2.11. The summed E-state index contributed by atoms with van der Waals surface area (Å²) in [6.07, 6.45) is 11.9. The fraction of sp³-hybridized carbons (Fsp3) is 0.842. The maximum absolute atomic E-state index is 11.9. The maximum Gasteiger partial charge on any atom is 0.245 e. The Morgan fingerprint density at radius 1 is 0.818 bits per heavy atom. The molecule has 0 aromatic rings. The van der Waals surface area contributed by atoms with Gasteiger partial charge in [0.25, 0.3) is 0 Å². The molecule has 0 aromatic carbocycles. The Hall–Kier alpha value is -0.830. The van der Waals surface area contributed by atoms with Crippen molar-refractivity contribution in [2.24, 2.45) is 0 Å². The zero-order valence-corrected chi connectivity index (χ0v) is 15.3. The lowest BCUT2D eigenvalue weighted by molar-refractivity contribution is -0.126. The average Bonchev–Trinajstić information content (AvgIpc) is 2.55. The first kappa shape index (κ1) is 21.2. The van der Waals surface area contributed by atoms with Crippen LogP contribution < -0.4 is 0 Å². The molecule has 3 heteroatoms. The SMILES string of the molecule is C=CC(=O)N(CCCCCCCCCC)CCN(CC)CC. The number of unbranched alkanes of at least 4 members (excludes halogenated alkanes) is 7. The molecular formula is C19H38N2O. The van der Waals surface area contributed by atoms with Crippen LogP contribution in [-0.2, 0) is 4.79 Å². The second kappa shape index (κ2) is 15.1. The predicted octanol–water partition coefficient (Wildman–Crippen LogP) is 4.48. The van der Waals surface area contributed by atoms with Gasteiger partial charge in [-0.25, -0.2) is 0 Å². The number of nitrogens with zero attached hydrogens (tertiary/aromatic N) is 2. The van der Waals surface area contributed by atoms with E-state index in [0.29, 0.717) is 0 Å². The monoisotopic (exact) mass is 310 g/mol. The molecule has 0 spiro atoms. The Balaban J connectivity index is 3.86. The van der Waals surface area contributed by atoms with Gasteiger partial charge in [0.15, 0.2) is 0 Å². The molecule has 0 saturated heterocycles. The van der Waals surface area contributed by atoms with Crippen LogP contribution in [-0.4, -0.2) is 48.4 Å². The van der Waals surface area contributed by atoms with Gasteiger partial charge in [-0.2, -0.15) is 0 Å². The largest absolute Gasteiger partial charge is 0.338 e. The molecule has 0 N–H and O–H groups in total. The molecule has 22 heavy (non-hydrogen) atoms. The normalized spacial score (nSPS) is 10.9. The highest BCUT2D eigenvalue weighted by Crippen LogP contribution is 2.09. The van der Waals surface area contributed by atoms with Crippen LogP contribution in [0, 0.1) is 0 Å². The maximum atomic E-state index is 11.9. The van der Waals surface area contributed by atoms with Crippen molar-refractivity contribution in [2.75, 3.05) is 32.7 Å². The molecule has 0 saturated carbocycles. The van der Waals surface area contributed by atoms with E-state index >= 15 is 0 Å². The number of amides is 1. The highest BCUT2D eigenvalue weighted by atomic mass is 16.2. The molecule has 1 amide bonds. The Bertz CT molecular complexity index is 275. The summed E-state index contributed by atoms with van der Waals surface area (Å²) >= 11 is 0. The highest BCUT2D eigenvalue weighted by molar-refractivity contribution is 5.86. The van der Waals surface area contributed by atoms with Crippen LogP contribution in [0.1, 0.15) is 72.1 Å². The van der Waals surface area contributed by atoms with E-state index in [2.05, 4.69) is 32.3 Å². The third-order valence-corrected chi connectivity index (χ3v) is 4.35. The lowest BCUT2D eigenvalue weighted by Crippen LogP contribution is -2.38. The number of carbonyl (C=O) groups is 1. The van der Waals surface area contributed by atoms with Gasteiger partial charge in [-0.05, 0) is 25.6 Å². The molecule has 0 aliphatic heterocycles. The van der Waals surface area contributed by atoms with Crippen molar-refractivity contribution in [1.82, 2.24) is 9.80 Å². The van der Waals surface area contributed by atoms with Crippen molar-refractivity contribution < 1.29 is 4.79 Å². The van der Waals surface area contributed by atoms with Crippen molar-refractivity contribution >= 4 is 5.91 Å². The van der Waals surface area contributed by atoms with Crippen molar-refractivity contribution in [3.63, 3.8) is 0 Å². The van der Waals surface area contributed by atoms with Gasteiger partial charge in [0.1, 0.15) is 0 Å². The quantitative estimate of drug-likeness (QED) is 0.329. The van der Waals surface area contributed by atoms with Crippen molar-refractivity contribution in [3.05, 3.63) is 12.7 Å². The third-order valence-electron chi connectivity index (χ3n) is 4.35. The molecule has 0 radical (unpaired) electrons. The van der Waals surface area contributed by atoms with Crippen molar-refractivity contribution in [1.29, 1.82) is 0 Å². The van der Waals surface area contributed by atoms with Crippen LogP contribution in [0.3, 0.4) is 0 Å². The number of hydrogen-bond acceptors (Lipinski definition) is 2. The molecule has 130 valence electrons. The van der Waals surface area contributed by atoms with Crippen molar-refractivity contribution in [3.8, 4) is 0 Å². The number of rotatable bonds is 15. The molecule has 3 nitrogen and oxygen atoms in total. The zero-order chi connectivity index (χ0) is 16.6. The topological polar surface area (TPSA) is 23.6 Å². The molecule has 0 aliphatic rings. The van der Waals surface area contributed by atoms with Gasteiger partial charge in [-0.3, -0.25) is 4.79 Å². The molecule has 0 unspecified atom stereocenters. The first-order chi connectivity index (χ1) is 10.7. The van der Waals surface area contributed by atoms with E-state index in [9.17, 15) is 4.79 Å². The number of carbonyl (C=O) groups excluding carboxylic acids is 1. The van der Waals surface area contributed by atoms with Gasteiger partial charge in [0.2, 0.25) is 5.91 Å². The predicted molar refractivity (Wildman–Crippen MR) is 97.2 cm³/mol. The fourth-order valence-corrected chi connectivity index (χ4v) is 2.70. The second-order valence-corrected chi connectivity index (χ2v) is 6.03. The Morgan fingerprint density at radius 3 is 1.86 bits per heavy atom. The Labute approximate surface area is 138 Å². The van der Waals surface area contributed by atoms with Crippen LogP contribution in [0.15, 0.2) is 12.7 Å². The summed E-state index contributed by atoms with van der Waals surface area (Å²) in [4.78, 5) is 16.2. The summed E-state index contributed by atoms with van der Waals surface area (Å²) in [5.74, 6) is 0.0788. The first-order valence-corrected chi connectivity index (χ1v) is 9.33. The minimum absolute atomic E-state index is 0.0788. The van der Waals surface area contributed by atoms with E-state index in [1.807, 2.05) is 4.90 Å². The summed E-state index contributed by atoms with van der Waals surface area (Å²) in [5, 5.41) is 0. The smallest absolute Gasteiger partial charge is 0.245 e. The van der Waals surface area contributed by atoms with Crippen LogP contribution in [0.4, 0.5) is 0 Å². The van der Waals surface area contributed by atoms with Crippen LogP contribution >= 0.6 is 0 Å². The van der Waals surface area contributed by atoms with Gasteiger partial charge in [-0.15, -0.1) is 0 Å². The average molecular weight is 311 g/mol. The summed E-state index contributed by atoms with van der Waals surface area (Å²) in [5.41, 5.74) is 0. The lowest BCUT2D eigenvalue weighted by Gasteiger charge is -2.25. The molecule has 0 heterocycles. The van der Waals surface area contributed by atoms with Gasteiger partial charge < -0.3 is 9.80 Å². The van der Waals surface area contributed by atoms with E-state index in [4.69, 9.17) is 0 Å².